The Kier molecular flexibility index (Phi) is 5.01. The van der Waals surface area contributed by atoms with Crippen molar-refractivity contribution in [3.05, 3.63) is 65.7 Å². The molecule has 6 nitrogen and oxygen atoms in total. The maximum Gasteiger partial charge on any atom is 0.310 e. The zero-order chi connectivity index (χ0) is 19.6. The normalized spacial score (nSPS) is 19.0. The van der Waals surface area contributed by atoms with Crippen molar-refractivity contribution in [2.75, 3.05) is 19.1 Å². The number of ether oxygens (including phenoxy) is 2. The Balaban J connectivity index is 2.10. The number of methoxy groups -OCH3 is 2. The summed E-state index contributed by atoms with van der Waals surface area (Å²) in [6, 6.07) is 14.5. The van der Waals surface area contributed by atoms with Crippen LogP contribution in [-0.4, -0.2) is 36.8 Å². The van der Waals surface area contributed by atoms with Gasteiger partial charge in [-0.3, -0.25) is 9.59 Å². The lowest BCUT2D eigenvalue weighted by Gasteiger charge is -2.35. The molecule has 1 heterocycles. The number of carbonyl (C=O) groups excluding carboxylic acids is 2. The maximum atomic E-state index is 12.7. The van der Waals surface area contributed by atoms with Crippen molar-refractivity contribution in [1.82, 2.24) is 0 Å². The number of esters is 1. The summed E-state index contributed by atoms with van der Waals surface area (Å²) in [7, 11) is 2.79. The van der Waals surface area contributed by atoms with Crippen LogP contribution in [-0.2, 0) is 14.3 Å². The fraction of sp³-hybridized carbons (Fsp3) is 0.238. The van der Waals surface area contributed by atoms with Crippen LogP contribution in [0, 0.1) is 6.92 Å². The molecule has 0 radical (unpaired) electrons. The summed E-state index contributed by atoms with van der Waals surface area (Å²) < 4.78 is 9.86. The van der Waals surface area contributed by atoms with E-state index in [-0.39, 0.29) is 0 Å². The van der Waals surface area contributed by atoms with Crippen molar-refractivity contribution in [3.8, 4) is 5.75 Å². The fourth-order valence-electron chi connectivity index (χ4n) is 3.07. The topological polar surface area (TPSA) is 76.1 Å². The number of hydrogen-bond acceptors (Lipinski definition) is 6. The standard InChI is InChI=1S/C21H21NO5/c1-14-4-8-16(9-5-14)22-18(15-6-10-17(26-2)11-7-15)12-19(23)21(22,25)13-20(24)27-3/h4-12,25H,13H2,1-3H3. The van der Waals surface area contributed by atoms with Gasteiger partial charge in [-0.2, -0.15) is 0 Å². The molecule has 0 amide bonds. The Labute approximate surface area is 157 Å². The van der Waals surface area contributed by atoms with Gasteiger partial charge in [-0.1, -0.05) is 17.7 Å². The molecule has 1 N–H and O–H groups in total. The number of ketones is 1. The number of aryl methyl sites for hydroxylation is 1. The van der Waals surface area contributed by atoms with Crippen molar-refractivity contribution >= 4 is 23.1 Å². The lowest BCUT2D eigenvalue weighted by atomic mass is 10.0. The molecule has 27 heavy (non-hydrogen) atoms. The van der Waals surface area contributed by atoms with E-state index in [0.29, 0.717) is 22.7 Å². The van der Waals surface area contributed by atoms with Crippen molar-refractivity contribution in [2.24, 2.45) is 0 Å². The van der Waals surface area contributed by atoms with Crippen LogP contribution in [0.1, 0.15) is 17.5 Å². The second kappa shape index (κ2) is 7.25. The summed E-state index contributed by atoms with van der Waals surface area (Å²) in [5.74, 6) is -0.568. The minimum absolute atomic E-state index is 0.480. The molecular weight excluding hydrogens is 346 g/mol. The van der Waals surface area contributed by atoms with Crippen molar-refractivity contribution < 1.29 is 24.2 Å². The molecule has 0 saturated heterocycles. The third kappa shape index (κ3) is 3.44. The SMILES string of the molecule is COC(=O)CC1(O)C(=O)C=C(c2ccc(OC)cc2)N1c1ccc(C)cc1. The van der Waals surface area contributed by atoms with Gasteiger partial charge in [0.1, 0.15) is 12.2 Å². The average Bonchev–Trinajstić information content (AvgIpc) is 2.93. The zero-order valence-corrected chi connectivity index (χ0v) is 15.4. The average molecular weight is 367 g/mol. The zero-order valence-electron chi connectivity index (χ0n) is 15.4. The van der Waals surface area contributed by atoms with E-state index in [1.54, 1.807) is 43.5 Å². The molecule has 2 aromatic carbocycles. The van der Waals surface area contributed by atoms with E-state index >= 15 is 0 Å². The third-order valence-corrected chi connectivity index (χ3v) is 4.57. The van der Waals surface area contributed by atoms with Gasteiger partial charge in [0.15, 0.2) is 0 Å². The van der Waals surface area contributed by atoms with Crippen LogP contribution in [0.5, 0.6) is 5.75 Å². The minimum atomic E-state index is -2.04. The Morgan fingerprint density at radius 3 is 2.26 bits per heavy atom. The summed E-state index contributed by atoms with van der Waals surface area (Å²) in [5.41, 5.74) is 0.802. The molecule has 0 bridgehead atoms. The lowest BCUT2D eigenvalue weighted by Crippen LogP contribution is -2.51. The highest BCUT2D eigenvalue weighted by Gasteiger charge is 2.50. The maximum absolute atomic E-state index is 12.7. The molecule has 0 fully saturated rings. The molecule has 1 unspecified atom stereocenters. The van der Waals surface area contributed by atoms with Gasteiger partial charge >= 0.3 is 5.97 Å². The first-order valence-corrected chi connectivity index (χ1v) is 8.45. The van der Waals surface area contributed by atoms with Gasteiger partial charge in [0.2, 0.25) is 11.5 Å². The lowest BCUT2D eigenvalue weighted by molar-refractivity contribution is -0.150. The van der Waals surface area contributed by atoms with E-state index in [0.717, 1.165) is 5.56 Å². The molecular formula is C21H21NO5. The fourth-order valence-corrected chi connectivity index (χ4v) is 3.07. The second-order valence-electron chi connectivity index (χ2n) is 6.36. The van der Waals surface area contributed by atoms with Gasteiger partial charge in [0, 0.05) is 11.8 Å². The monoisotopic (exact) mass is 367 g/mol. The highest BCUT2D eigenvalue weighted by atomic mass is 16.5. The van der Waals surface area contributed by atoms with Gasteiger partial charge < -0.3 is 19.5 Å². The van der Waals surface area contributed by atoms with Gasteiger partial charge in [0.25, 0.3) is 0 Å². The van der Waals surface area contributed by atoms with E-state index in [1.807, 2.05) is 19.1 Å². The van der Waals surface area contributed by atoms with E-state index in [9.17, 15) is 14.7 Å². The molecule has 0 aliphatic carbocycles. The second-order valence-corrected chi connectivity index (χ2v) is 6.36. The number of carbonyl (C=O) groups is 2. The van der Waals surface area contributed by atoms with Crippen LogP contribution in [0.3, 0.4) is 0 Å². The van der Waals surface area contributed by atoms with Crippen molar-refractivity contribution in [1.29, 1.82) is 0 Å². The molecule has 3 rings (SSSR count). The number of nitrogens with zero attached hydrogens (tertiary/aromatic N) is 1. The number of rotatable bonds is 5. The molecule has 1 aliphatic heterocycles. The van der Waals surface area contributed by atoms with Gasteiger partial charge in [-0.25, -0.2) is 0 Å². The van der Waals surface area contributed by atoms with Crippen LogP contribution < -0.4 is 9.64 Å². The van der Waals surface area contributed by atoms with E-state index in [2.05, 4.69) is 4.74 Å². The smallest absolute Gasteiger partial charge is 0.310 e. The molecule has 6 heteroatoms. The molecule has 2 aromatic rings. The first-order chi connectivity index (χ1) is 12.9. The van der Waals surface area contributed by atoms with Crippen LogP contribution >= 0.6 is 0 Å². The summed E-state index contributed by atoms with van der Waals surface area (Å²) >= 11 is 0. The molecule has 0 aromatic heterocycles. The van der Waals surface area contributed by atoms with Crippen molar-refractivity contribution in [3.63, 3.8) is 0 Å². The number of anilines is 1. The first-order valence-electron chi connectivity index (χ1n) is 8.45. The Hall–Kier alpha value is -3.12. The predicted octanol–water partition coefficient (Wildman–Crippen LogP) is 2.69. The number of aliphatic hydroxyl groups is 1. The van der Waals surface area contributed by atoms with E-state index in [1.165, 1.54) is 18.1 Å². The van der Waals surface area contributed by atoms with Crippen LogP contribution in [0.2, 0.25) is 0 Å². The van der Waals surface area contributed by atoms with Gasteiger partial charge in [-0.05, 0) is 48.9 Å². The molecule has 0 saturated carbocycles. The Morgan fingerprint density at radius 1 is 1.07 bits per heavy atom. The van der Waals surface area contributed by atoms with Crippen LogP contribution in [0.4, 0.5) is 5.69 Å². The predicted molar refractivity (Wildman–Crippen MR) is 101 cm³/mol. The van der Waals surface area contributed by atoms with Gasteiger partial charge in [0.05, 0.1) is 19.9 Å². The van der Waals surface area contributed by atoms with Crippen LogP contribution in [0.25, 0.3) is 5.70 Å². The molecule has 1 atom stereocenters. The minimum Gasteiger partial charge on any atom is -0.497 e. The number of hydrogen-bond donors (Lipinski definition) is 1. The quantitative estimate of drug-likeness (QED) is 0.819. The number of benzene rings is 2. The van der Waals surface area contributed by atoms with Gasteiger partial charge in [-0.15, -0.1) is 0 Å². The summed E-state index contributed by atoms with van der Waals surface area (Å²) in [6.07, 6.45) is 0.872. The highest BCUT2D eigenvalue weighted by Crippen LogP contribution is 2.40. The Morgan fingerprint density at radius 2 is 1.70 bits per heavy atom. The third-order valence-electron chi connectivity index (χ3n) is 4.57. The summed E-state index contributed by atoms with van der Waals surface area (Å²) in [4.78, 5) is 26.1. The molecule has 0 spiro atoms. The summed E-state index contributed by atoms with van der Waals surface area (Å²) in [6.45, 7) is 1.94. The highest BCUT2D eigenvalue weighted by molar-refractivity contribution is 6.14. The largest absolute Gasteiger partial charge is 0.497 e. The molecule has 1 aliphatic rings. The molecule has 140 valence electrons. The summed E-state index contributed by atoms with van der Waals surface area (Å²) in [5, 5.41) is 11.2. The first kappa shape index (κ1) is 18.7. The van der Waals surface area contributed by atoms with Crippen molar-refractivity contribution in [2.45, 2.75) is 19.1 Å². The van der Waals surface area contributed by atoms with Crippen LogP contribution in [0.15, 0.2) is 54.6 Å². The Bertz CT molecular complexity index is 886. The van der Waals surface area contributed by atoms with E-state index < -0.39 is 23.9 Å². The van der Waals surface area contributed by atoms with E-state index in [4.69, 9.17) is 4.74 Å².